The van der Waals surface area contributed by atoms with Crippen molar-refractivity contribution in [2.45, 2.75) is 19.9 Å². The quantitative estimate of drug-likeness (QED) is 0.281. The molecule has 0 saturated carbocycles. The van der Waals surface area contributed by atoms with E-state index in [0.717, 1.165) is 0 Å². The van der Waals surface area contributed by atoms with Crippen LogP contribution in [0, 0.1) is 0 Å². The molecule has 2 aromatic carbocycles. The molecule has 180 valence electrons. The lowest BCUT2D eigenvalue weighted by Crippen LogP contribution is -2.19. The monoisotopic (exact) mass is 512 g/mol. The number of nitrogens with one attached hydrogen (secondary N) is 2. The molecule has 35 heavy (non-hydrogen) atoms. The second-order valence-corrected chi connectivity index (χ2v) is 8.86. The summed E-state index contributed by atoms with van der Waals surface area (Å²) in [7, 11) is 1.46. The zero-order valence-electron chi connectivity index (χ0n) is 19.1. The van der Waals surface area contributed by atoms with Crippen molar-refractivity contribution < 1.29 is 14.3 Å². The molecule has 0 aliphatic carbocycles. The Labute approximate surface area is 211 Å². The van der Waals surface area contributed by atoms with Gasteiger partial charge in [0.25, 0.3) is 0 Å². The fourth-order valence-corrected chi connectivity index (χ4v) is 4.23. The normalized spacial score (nSPS) is 11.0. The Morgan fingerprint density at radius 1 is 1.00 bits per heavy atom. The molecule has 2 amide bonds. The topological polar surface area (TPSA) is 124 Å². The van der Waals surface area contributed by atoms with Crippen molar-refractivity contribution in [3.8, 4) is 5.75 Å². The lowest BCUT2D eigenvalue weighted by atomic mass is 10.0. The molecular formula is C24H22Cl2N6O3. The maximum atomic E-state index is 13.7. The Morgan fingerprint density at radius 3 is 2.34 bits per heavy atom. The summed E-state index contributed by atoms with van der Waals surface area (Å²) in [6, 6.07) is 8.93. The van der Waals surface area contributed by atoms with Gasteiger partial charge in [-0.15, -0.1) is 0 Å². The van der Waals surface area contributed by atoms with Crippen LogP contribution in [0.1, 0.15) is 35.8 Å². The van der Waals surface area contributed by atoms with Crippen molar-refractivity contribution in [3.05, 3.63) is 70.1 Å². The maximum Gasteiger partial charge on any atom is 0.323 e. The number of anilines is 3. The molecule has 2 heterocycles. The van der Waals surface area contributed by atoms with Gasteiger partial charge in [0.05, 0.1) is 23.6 Å². The van der Waals surface area contributed by atoms with Gasteiger partial charge in [-0.25, -0.2) is 14.8 Å². The number of fused-ring (bicyclic) bond motifs is 1. The number of rotatable bonds is 6. The van der Waals surface area contributed by atoms with Gasteiger partial charge in [-0.1, -0.05) is 23.2 Å². The van der Waals surface area contributed by atoms with Crippen LogP contribution < -0.4 is 21.1 Å². The number of ketones is 1. The summed E-state index contributed by atoms with van der Waals surface area (Å²) in [6.45, 7) is 3.95. The number of aromatic nitrogens is 3. The van der Waals surface area contributed by atoms with Gasteiger partial charge in [-0.2, -0.15) is 0 Å². The third-order valence-corrected chi connectivity index (χ3v) is 5.70. The van der Waals surface area contributed by atoms with Crippen molar-refractivity contribution in [1.29, 1.82) is 0 Å². The number of benzene rings is 2. The Morgan fingerprint density at radius 2 is 1.69 bits per heavy atom. The molecule has 0 fully saturated rings. The van der Waals surface area contributed by atoms with E-state index in [9.17, 15) is 9.59 Å². The number of nitrogen functional groups attached to an aromatic ring is 1. The average Bonchev–Trinajstić information content (AvgIpc) is 3.19. The molecule has 0 aliphatic rings. The van der Waals surface area contributed by atoms with Crippen LogP contribution in [-0.2, 0) is 0 Å². The number of nitrogens with zero attached hydrogens (tertiary/aromatic N) is 3. The fraction of sp³-hybridized carbons (Fsp3) is 0.167. The van der Waals surface area contributed by atoms with Crippen molar-refractivity contribution in [2.75, 3.05) is 23.5 Å². The smallest absolute Gasteiger partial charge is 0.323 e. The summed E-state index contributed by atoms with van der Waals surface area (Å²) < 4.78 is 7.28. The molecule has 4 aromatic rings. The largest absolute Gasteiger partial charge is 0.496 e. The van der Waals surface area contributed by atoms with E-state index in [0.29, 0.717) is 43.8 Å². The second-order valence-electron chi connectivity index (χ2n) is 7.98. The second kappa shape index (κ2) is 9.81. The number of amides is 2. The average molecular weight is 513 g/mol. The van der Waals surface area contributed by atoms with E-state index in [1.165, 1.54) is 19.5 Å². The highest BCUT2D eigenvalue weighted by molar-refractivity contribution is 6.35. The first-order valence-electron chi connectivity index (χ1n) is 10.6. The van der Waals surface area contributed by atoms with Gasteiger partial charge >= 0.3 is 6.03 Å². The van der Waals surface area contributed by atoms with Crippen LogP contribution in [0.4, 0.5) is 22.0 Å². The lowest BCUT2D eigenvalue weighted by molar-refractivity contribution is 0.103. The minimum Gasteiger partial charge on any atom is -0.496 e. The summed E-state index contributed by atoms with van der Waals surface area (Å²) >= 11 is 12.0. The molecule has 9 nitrogen and oxygen atoms in total. The van der Waals surface area contributed by atoms with Crippen LogP contribution >= 0.6 is 23.2 Å². The number of hydrogen-bond acceptors (Lipinski definition) is 6. The molecule has 0 aliphatic heterocycles. The van der Waals surface area contributed by atoms with Gasteiger partial charge in [0, 0.05) is 33.7 Å². The summed E-state index contributed by atoms with van der Waals surface area (Å²) in [5.41, 5.74) is 8.04. The summed E-state index contributed by atoms with van der Waals surface area (Å²) in [5.74, 6) is 0.187. The van der Waals surface area contributed by atoms with E-state index < -0.39 is 6.03 Å². The zero-order chi connectivity index (χ0) is 25.3. The number of ether oxygens (including phenoxy) is 1. The van der Waals surface area contributed by atoms with Gasteiger partial charge < -0.3 is 25.7 Å². The number of carbonyl (C=O) groups excluding carboxylic acids is 2. The molecule has 0 radical (unpaired) electrons. The Kier molecular flexibility index (Phi) is 6.81. The van der Waals surface area contributed by atoms with Gasteiger partial charge in [0.1, 0.15) is 23.5 Å². The molecule has 4 N–H and O–H groups in total. The SMILES string of the molecule is COc1ccc(NC(=O)Nc2cc(Cl)cc(Cl)c2)cc1C(=O)c1cn(C(C)C)c2ncnc(N)c12. The third kappa shape index (κ3) is 5.01. The summed E-state index contributed by atoms with van der Waals surface area (Å²) in [6.07, 6.45) is 3.07. The van der Waals surface area contributed by atoms with E-state index in [-0.39, 0.29) is 23.2 Å². The number of methoxy groups -OCH3 is 1. The van der Waals surface area contributed by atoms with E-state index in [1.807, 2.05) is 18.4 Å². The van der Waals surface area contributed by atoms with E-state index in [2.05, 4.69) is 20.6 Å². The Bertz CT molecular complexity index is 1430. The first-order chi connectivity index (χ1) is 16.7. The van der Waals surface area contributed by atoms with E-state index >= 15 is 0 Å². The van der Waals surface area contributed by atoms with Gasteiger partial charge in [0.15, 0.2) is 5.78 Å². The Hall–Kier alpha value is -3.82. The Balaban J connectivity index is 1.68. The van der Waals surface area contributed by atoms with E-state index in [4.69, 9.17) is 33.7 Å². The predicted octanol–water partition coefficient (Wildman–Crippen LogP) is 5.78. The molecule has 0 spiro atoms. The van der Waals surface area contributed by atoms with Crippen molar-refractivity contribution in [2.24, 2.45) is 0 Å². The highest BCUT2D eigenvalue weighted by Gasteiger charge is 2.24. The third-order valence-electron chi connectivity index (χ3n) is 5.26. The summed E-state index contributed by atoms with van der Waals surface area (Å²) in [4.78, 5) is 34.6. The van der Waals surface area contributed by atoms with Crippen molar-refractivity contribution in [3.63, 3.8) is 0 Å². The first kappa shape index (κ1) is 24.3. The number of hydrogen-bond donors (Lipinski definition) is 3. The lowest BCUT2D eigenvalue weighted by Gasteiger charge is -2.12. The van der Waals surface area contributed by atoms with Crippen LogP contribution in [0.15, 0.2) is 48.9 Å². The minimum absolute atomic E-state index is 0.0342. The molecule has 0 atom stereocenters. The molecule has 0 saturated heterocycles. The van der Waals surface area contributed by atoms with Crippen LogP contribution in [0.2, 0.25) is 10.0 Å². The van der Waals surface area contributed by atoms with Gasteiger partial charge in [0.2, 0.25) is 0 Å². The highest BCUT2D eigenvalue weighted by Crippen LogP contribution is 2.32. The number of urea groups is 1. The highest BCUT2D eigenvalue weighted by atomic mass is 35.5. The molecule has 0 bridgehead atoms. The predicted molar refractivity (Wildman–Crippen MR) is 138 cm³/mol. The number of carbonyl (C=O) groups is 2. The van der Waals surface area contributed by atoms with Gasteiger partial charge in [-0.05, 0) is 50.2 Å². The molecule has 2 aromatic heterocycles. The van der Waals surface area contributed by atoms with Crippen molar-refractivity contribution >= 4 is 63.2 Å². The van der Waals surface area contributed by atoms with Crippen molar-refractivity contribution in [1.82, 2.24) is 14.5 Å². The standard InChI is InChI=1S/C24H22Cl2N6O3/c1-12(2)32-10-18(20-22(27)28-11-29-23(20)32)21(33)17-9-15(4-5-19(17)35-3)30-24(34)31-16-7-13(25)6-14(26)8-16/h4-12H,1-3H3,(H2,27,28,29)(H2,30,31,34). The minimum atomic E-state index is -0.541. The maximum absolute atomic E-state index is 13.7. The first-order valence-corrected chi connectivity index (χ1v) is 11.3. The molecular weight excluding hydrogens is 491 g/mol. The number of halogens is 2. The van der Waals surface area contributed by atoms with Crippen LogP contribution in [0.3, 0.4) is 0 Å². The van der Waals surface area contributed by atoms with Crippen LogP contribution in [0.25, 0.3) is 11.0 Å². The molecule has 0 unspecified atom stereocenters. The van der Waals surface area contributed by atoms with Crippen LogP contribution in [-0.4, -0.2) is 33.5 Å². The number of nitrogens with two attached hydrogens (primary N) is 1. The van der Waals surface area contributed by atoms with Crippen LogP contribution in [0.5, 0.6) is 5.75 Å². The van der Waals surface area contributed by atoms with Gasteiger partial charge in [-0.3, -0.25) is 4.79 Å². The summed E-state index contributed by atoms with van der Waals surface area (Å²) in [5, 5.41) is 6.58. The molecule has 4 rings (SSSR count). The fourth-order valence-electron chi connectivity index (χ4n) is 3.70. The zero-order valence-corrected chi connectivity index (χ0v) is 20.6. The van der Waals surface area contributed by atoms with E-state index in [1.54, 1.807) is 36.5 Å². The molecule has 11 heteroatoms.